The molecule has 0 unspecified atom stereocenters. The second kappa shape index (κ2) is 8.36. The van der Waals surface area contributed by atoms with Crippen molar-refractivity contribution >= 4 is 57.9 Å². The van der Waals surface area contributed by atoms with Gasteiger partial charge in [0, 0.05) is 10.0 Å². The molecule has 0 aliphatic rings. The number of ether oxygens (including phenoxy) is 1. The fraction of sp³-hybridized carbons (Fsp3) is 0.0667. The van der Waals surface area contributed by atoms with Crippen LogP contribution in [0.4, 0.5) is 0 Å². The summed E-state index contributed by atoms with van der Waals surface area (Å²) in [5.41, 5.74) is 3.18. The average molecular weight is 449 g/mol. The number of hydrogen-bond acceptors (Lipinski definition) is 3. The van der Waals surface area contributed by atoms with E-state index >= 15 is 0 Å². The van der Waals surface area contributed by atoms with Crippen LogP contribution in [0.25, 0.3) is 0 Å². The third-order valence-electron chi connectivity index (χ3n) is 2.50. The first kappa shape index (κ1) is 17.1. The van der Waals surface area contributed by atoms with Crippen LogP contribution in [0.5, 0.6) is 5.75 Å². The maximum Gasteiger partial charge on any atom is 0.277 e. The number of amides is 1. The number of nitrogens with zero attached hydrogens (tertiary/aromatic N) is 1. The number of hydrogen-bond donors (Lipinski definition) is 1. The first-order valence-electron chi connectivity index (χ1n) is 6.20. The van der Waals surface area contributed by atoms with Gasteiger partial charge in [-0.25, -0.2) is 5.43 Å². The molecule has 0 radical (unpaired) electrons. The molecular formula is C15H11Cl2IN2O2. The van der Waals surface area contributed by atoms with E-state index in [0.717, 1.165) is 9.13 Å². The van der Waals surface area contributed by atoms with E-state index in [1.807, 2.05) is 6.07 Å². The zero-order valence-corrected chi connectivity index (χ0v) is 14.9. The molecule has 2 aromatic rings. The third kappa shape index (κ3) is 5.47. The fourth-order valence-corrected chi connectivity index (χ4v) is 2.76. The maximum absolute atomic E-state index is 11.6. The van der Waals surface area contributed by atoms with Gasteiger partial charge in [-0.1, -0.05) is 35.3 Å². The van der Waals surface area contributed by atoms with Crippen LogP contribution in [0, 0.1) is 3.57 Å². The Morgan fingerprint density at radius 1 is 1.23 bits per heavy atom. The van der Waals surface area contributed by atoms with Crippen molar-refractivity contribution in [3.8, 4) is 5.75 Å². The summed E-state index contributed by atoms with van der Waals surface area (Å²) in [4.78, 5) is 11.6. The van der Waals surface area contributed by atoms with Gasteiger partial charge in [0.15, 0.2) is 6.61 Å². The molecule has 2 aromatic carbocycles. The Morgan fingerprint density at radius 3 is 2.73 bits per heavy atom. The van der Waals surface area contributed by atoms with Gasteiger partial charge in [-0.2, -0.15) is 5.10 Å². The van der Waals surface area contributed by atoms with Gasteiger partial charge in [0.2, 0.25) is 0 Å². The van der Waals surface area contributed by atoms with E-state index < -0.39 is 0 Å². The molecule has 22 heavy (non-hydrogen) atoms. The first-order chi connectivity index (χ1) is 10.5. The van der Waals surface area contributed by atoms with E-state index in [2.05, 4.69) is 33.1 Å². The highest BCUT2D eigenvalue weighted by Gasteiger charge is 2.05. The lowest BCUT2D eigenvalue weighted by atomic mass is 10.2. The monoisotopic (exact) mass is 448 g/mol. The third-order valence-corrected chi connectivity index (χ3v) is 3.82. The Morgan fingerprint density at radius 2 is 2.00 bits per heavy atom. The highest BCUT2D eigenvalue weighted by molar-refractivity contribution is 14.1. The molecule has 0 bridgehead atoms. The van der Waals surface area contributed by atoms with Crippen LogP contribution in [0.15, 0.2) is 47.6 Å². The first-order valence-corrected chi connectivity index (χ1v) is 8.03. The van der Waals surface area contributed by atoms with Crippen molar-refractivity contribution in [2.24, 2.45) is 5.10 Å². The van der Waals surface area contributed by atoms with Gasteiger partial charge in [-0.15, -0.1) is 0 Å². The van der Waals surface area contributed by atoms with E-state index in [1.54, 1.807) is 36.4 Å². The van der Waals surface area contributed by atoms with Crippen LogP contribution in [0.1, 0.15) is 5.56 Å². The molecule has 0 saturated heterocycles. The van der Waals surface area contributed by atoms with Crippen LogP contribution in [-0.2, 0) is 4.79 Å². The van der Waals surface area contributed by atoms with Gasteiger partial charge in [0.05, 0.1) is 9.78 Å². The van der Waals surface area contributed by atoms with Crippen LogP contribution in [0.2, 0.25) is 10.0 Å². The summed E-state index contributed by atoms with van der Waals surface area (Å²) in [6, 6.07) is 12.3. The van der Waals surface area contributed by atoms with Crippen molar-refractivity contribution in [1.29, 1.82) is 0 Å². The lowest BCUT2D eigenvalue weighted by molar-refractivity contribution is -0.123. The predicted molar refractivity (Wildman–Crippen MR) is 96.9 cm³/mol. The minimum absolute atomic E-state index is 0.134. The molecule has 1 N–H and O–H groups in total. The van der Waals surface area contributed by atoms with Crippen molar-refractivity contribution in [3.05, 3.63) is 61.6 Å². The van der Waals surface area contributed by atoms with Crippen LogP contribution >= 0.6 is 45.8 Å². The average Bonchev–Trinajstić information content (AvgIpc) is 2.46. The molecule has 0 aliphatic heterocycles. The van der Waals surface area contributed by atoms with Gasteiger partial charge in [-0.3, -0.25) is 4.79 Å². The van der Waals surface area contributed by atoms with Gasteiger partial charge >= 0.3 is 0 Å². The lowest BCUT2D eigenvalue weighted by Crippen LogP contribution is -2.24. The smallest absolute Gasteiger partial charge is 0.277 e. The second-order valence-electron chi connectivity index (χ2n) is 4.21. The van der Waals surface area contributed by atoms with Gasteiger partial charge in [-0.05, 0) is 58.5 Å². The molecule has 0 aliphatic carbocycles. The summed E-state index contributed by atoms with van der Waals surface area (Å²) in [6.45, 7) is -0.134. The number of rotatable bonds is 5. The summed E-state index contributed by atoms with van der Waals surface area (Å²) in [7, 11) is 0. The summed E-state index contributed by atoms with van der Waals surface area (Å²) in [6.07, 6.45) is 1.51. The minimum atomic E-state index is -0.357. The molecule has 0 heterocycles. The molecule has 0 spiro atoms. The summed E-state index contributed by atoms with van der Waals surface area (Å²) >= 11 is 13.8. The molecule has 0 atom stereocenters. The Labute approximate surface area is 151 Å². The van der Waals surface area contributed by atoms with E-state index in [1.165, 1.54) is 6.21 Å². The highest BCUT2D eigenvalue weighted by atomic mass is 127. The molecule has 0 saturated carbocycles. The van der Waals surface area contributed by atoms with Gasteiger partial charge < -0.3 is 4.74 Å². The van der Waals surface area contributed by atoms with Crippen LogP contribution in [-0.4, -0.2) is 18.7 Å². The topological polar surface area (TPSA) is 50.7 Å². The number of nitrogens with one attached hydrogen (secondary N) is 1. The lowest BCUT2D eigenvalue weighted by Gasteiger charge is -2.07. The standard InChI is InChI=1S/C15H11Cl2IN2O2/c16-11-3-1-2-10(6-11)8-19-20-15(21)9-22-14-5-4-12(17)7-13(14)18/h1-8H,9H2,(H,20,21). The zero-order valence-electron chi connectivity index (χ0n) is 11.2. The maximum atomic E-state index is 11.6. The predicted octanol–water partition coefficient (Wildman–Crippen LogP) is 4.13. The molecule has 0 fully saturated rings. The van der Waals surface area contributed by atoms with E-state index in [-0.39, 0.29) is 12.5 Å². The van der Waals surface area contributed by atoms with Crippen molar-refractivity contribution < 1.29 is 9.53 Å². The number of halogens is 3. The molecule has 7 heteroatoms. The van der Waals surface area contributed by atoms with E-state index in [9.17, 15) is 4.79 Å². The minimum Gasteiger partial charge on any atom is -0.483 e. The van der Waals surface area contributed by atoms with Crippen LogP contribution in [0.3, 0.4) is 0 Å². The summed E-state index contributed by atoms with van der Waals surface area (Å²) in [5, 5.41) is 5.07. The van der Waals surface area contributed by atoms with E-state index in [0.29, 0.717) is 15.8 Å². The summed E-state index contributed by atoms with van der Waals surface area (Å²) in [5.74, 6) is 0.239. The second-order valence-corrected chi connectivity index (χ2v) is 6.25. The van der Waals surface area contributed by atoms with Crippen molar-refractivity contribution in [3.63, 3.8) is 0 Å². The number of benzene rings is 2. The molecular weight excluding hydrogens is 438 g/mol. The highest BCUT2D eigenvalue weighted by Crippen LogP contribution is 2.24. The fourth-order valence-electron chi connectivity index (χ4n) is 1.53. The summed E-state index contributed by atoms with van der Waals surface area (Å²) < 4.78 is 6.24. The number of carbonyl (C=O) groups is 1. The van der Waals surface area contributed by atoms with Crippen molar-refractivity contribution in [1.82, 2.24) is 5.43 Å². The Bertz CT molecular complexity index is 708. The Kier molecular flexibility index (Phi) is 6.48. The Hall–Kier alpha value is -1.31. The molecule has 114 valence electrons. The molecule has 4 nitrogen and oxygen atoms in total. The SMILES string of the molecule is O=C(COc1ccc(Cl)cc1I)NN=Cc1cccc(Cl)c1. The number of hydrazone groups is 1. The molecule has 0 aromatic heterocycles. The number of carbonyl (C=O) groups excluding carboxylic acids is 1. The van der Waals surface area contributed by atoms with Crippen molar-refractivity contribution in [2.75, 3.05) is 6.61 Å². The largest absolute Gasteiger partial charge is 0.483 e. The van der Waals surface area contributed by atoms with Gasteiger partial charge in [0.1, 0.15) is 5.75 Å². The molecule has 1 amide bonds. The normalized spacial score (nSPS) is 10.7. The van der Waals surface area contributed by atoms with Crippen LogP contribution < -0.4 is 10.2 Å². The Balaban J connectivity index is 1.83. The zero-order chi connectivity index (χ0) is 15.9. The molecule has 2 rings (SSSR count). The van der Waals surface area contributed by atoms with Crippen molar-refractivity contribution in [2.45, 2.75) is 0 Å². The van der Waals surface area contributed by atoms with Gasteiger partial charge in [0.25, 0.3) is 5.91 Å². The van der Waals surface area contributed by atoms with E-state index in [4.69, 9.17) is 27.9 Å². The quantitative estimate of drug-likeness (QED) is 0.424.